The Balaban J connectivity index is -0.0000000800. The molecule has 0 atom stereocenters. The molecule has 0 amide bonds. The van der Waals surface area contributed by atoms with Crippen molar-refractivity contribution in [3.05, 3.63) is 4.85 Å². The number of hydrogen-bond donors (Lipinski definition) is 0. The summed E-state index contributed by atoms with van der Waals surface area (Å²) in [5.41, 5.74) is 0. The maximum absolute atomic E-state index is 4.76. The van der Waals surface area contributed by atoms with E-state index in [1.807, 2.05) is 6.92 Å². The highest BCUT2D eigenvalue weighted by Crippen LogP contribution is 1.71. The summed E-state index contributed by atoms with van der Waals surface area (Å²) >= 11 is 0. The van der Waals surface area contributed by atoms with Gasteiger partial charge >= 0.3 is 0 Å². The van der Waals surface area contributed by atoms with Crippen LogP contribution in [0, 0.1) is 6.57 Å². The van der Waals surface area contributed by atoms with Crippen molar-refractivity contribution in [1.82, 2.24) is 0 Å². The van der Waals surface area contributed by atoms with Crippen LogP contribution in [-0.2, 0) is 0 Å². The van der Waals surface area contributed by atoms with Gasteiger partial charge in [0.05, 0.1) is 0 Å². The second kappa shape index (κ2) is 16.6. The van der Waals surface area contributed by atoms with E-state index in [1.54, 1.807) is 0 Å². The third-order valence-electron chi connectivity index (χ3n) is 0.353. The zero-order chi connectivity index (χ0) is 4.12. The van der Waals surface area contributed by atoms with Gasteiger partial charge in [0.2, 0.25) is 0 Å². The van der Waals surface area contributed by atoms with Gasteiger partial charge in [0.15, 0.2) is 0 Å². The van der Waals surface area contributed by atoms with Gasteiger partial charge in [-0.05, 0) is 0 Å². The van der Waals surface area contributed by atoms with E-state index >= 15 is 0 Å². The second-order valence-electron chi connectivity index (χ2n) is 0.906. The Morgan fingerprint density at radius 1 is 1.57 bits per heavy atom. The molecule has 0 bridgehead atoms. The molecule has 0 aromatic rings. The predicted molar refractivity (Wildman–Crippen MR) is 30.7 cm³/mol. The fraction of sp³-hybridized carbons (Fsp3) is 0.750. The van der Waals surface area contributed by atoms with Gasteiger partial charge in [0.25, 0.3) is 13.1 Å². The molecule has 0 saturated carbocycles. The van der Waals surface area contributed by atoms with Crippen molar-refractivity contribution in [2.45, 2.75) is 13.3 Å². The number of rotatable bonds is 1. The molecule has 0 saturated heterocycles. The molecular formula is C4H9Cl2N. The molecule has 0 heterocycles. The predicted octanol–water partition coefficient (Wildman–Crippen LogP) is -1.22. The molecule has 0 spiro atoms. The molecule has 0 aliphatic heterocycles. The van der Waals surface area contributed by atoms with Crippen LogP contribution in [-0.4, -0.2) is 6.54 Å². The standard InChI is InChI=1S/C4H8N.2ClH/c1-3-4-5-2;;/h2H,3-4H2,1H3;2*1H/q+1;;/p-1. The Hall–Kier alpha value is 0.0700. The maximum atomic E-state index is 4.76. The van der Waals surface area contributed by atoms with Crippen molar-refractivity contribution in [3.8, 4) is 6.57 Å². The van der Waals surface area contributed by atoms with Gasteiger partial charge in [-0.2, -0.15) is 0 Å². The SMILES string of the molecule is C#[N+]CCC.Cl.[Cl-]. The molecule has 3 heteroatoms. The fourth-order valence-corrected chi connectivity index (χ4v) is 0.129. The molecule has 0 aromatic heterocycles. The third kappa shape index (κ3) is 23.5. The molecular weight excluding hydrogens is 133 g/mol. The van der Waals surface area contributed by atoms with E-state index in [1.165, 1.54) is 0 Å². The molecule has 44 valence electrons. The van der Waals surface area contributed by atoms with Crippen LogP contribution in [0.5, 0.6) is 0 Å². The molecule has 0 radical (unpaired) electrons. The van der Waals surface area contributed by atoms with E-state index in [0.717, 1.165) is 13.0 Å². The van der Waals surface area contributed by atoms with Crippen molar-refractivity contribution in [2.24, 2.45) is 0 Å². The summed E-state index contributed by atoms with van der Waals surface area (Å²) in [6.45, 7) is 7.59. The van der Waals surface area contributed by atoms with E-state index in [4.69, 9.17) is 6.57 Å². The quantitative estimate of drug-likeness (QED) is 0.432. The third-order valence-corrected chi connectivity index (χ3v) is 0.353. The second-order valence-corrected chi connectivity index (χ2v) is 0.906. The van der Waals surface area contributed by atoms with Gasteiger partial charge in [0.1, 0.15) is 0 Å². The molecule has 0 N–H and O–H groups in total. The molecule has 0 aliphatic carbocycles. The van der Waals surface area contributed by atoms with Crippen molar-refractivity contribution in [3.63, 3.8) is 0 Å². The number of hydrogen-bond acceptors (Lipinski definition) is 0. The Labute approximate surface area is 56.7 Å². The lowest BCUT2D eigenvalue weighted by atomic mass is 10.5. The van der Waals surface area contributed by atoms with Crippen molar-refractivity contribution < 1.29 is 12.4 Å². The van der Waals surface area contributed by atoms with Crippen molar-refractivity contribution in [2.75, 3.05) is 6.54 Å². The zero-order valence-corrected chi connectivity index (χ0v) is 5.80. The Kier molecular flexibility index (Phi) is 37.2. The summed E-state index contributed by atoms with van der Waals surface area (Å²) in [5.74, 6) is 0. The molecule has 0 unspecified atom stereocenters. The van der Waals surface area contributed by atoms with Gasteiger partial charge in [-0.25, -0.2) is 0 Å². The number of halogens is 2. The van der Waals surface area contributed by atoms with Crippen LogP contribution >= 0.6 is 12.4 Å². The van der Waals surface area contributed by atoms with E-state index in [0.29, 0.717) is 0 Å². The van der Waals surface area contributed by atoms with Crippen LogP contribution in [0.2, 0.25) is 0 Å². The highest BCUT2D eigenvalue weighted by atomic mass is 35.5. The van der Waals surface area contributed by atoms with Gasteiger partial charge in [-0.3, -0.25) is 0 Å². The Morgan fingerprint density at radius 2 is 2.00 bits per heavy atom. The molecule has 1 nitrogen and oxygen atoms in total. The van der Waals surface area contributed by atoms with Crippen LogP contribution < -0.4 is 12.4 Å². The van der Waals surface area contributed by atoms with Crippen LogP contribution in [0.1, 0.15) is 13.3 Å². The first-order chi connectivity index (χ1) is 2.41. The minimum atomic E-state index is 0. The lowest BCUT2D eigenvalue weighted by molar-refractivity contribution is -0.00000132. The van der Waals surface area contributed by atoms with Gasteiger partial charge in [0, 0.05) is 6.42 Å². The minimum Gasteiger partial charge on any atom is -1.00 e. The average molecular weight is 142 g/mol. The first kappa shape index (κ1) is 15.7. The first-order valence-corrected chi connectivity index (χ1v) is 1.78. The summed E-state index contributed by atoms with van der Waals surface area (Å²) in [6.07, 6.45) is 1.05. The van der Waals surface area contributed by atoms with Crippen molar-refractivity contribution >= 4 is 12.4 Å². The fourth-order valence-electron chi connectivity index (χ4n) is 0.129. The van der Waals surface area contributed by atoms with E-state index in [2.05, 4.69) is 4.85 Å². The van der Waals surface area contributed by atoms with Crippen LogP contribution in [0.4, 0.5) is 0 Å². The van der Waals surface area contributed by atoms with Gasteiger partial charge < -0.3 is 12.4 Å². The Morgan fingerprint density at radius 3 is 2.00 bits per heavy atom. The molecule has 0 rings (SSSR count). The Bertz CT molecular complexity index is 48.1. The van der Waals surface area contributed by atoms with Gasteiger partial charge in [-0.1, -0.05) is 11.8 Å². The number of nitrogens with zero attached hydrogens (tertiary/aromatic N) is 1. The van der Waals surface area contributed by atoms with Crippen molar-refractivity contribution in [1.29, 1.82) is 0 Å². The summed E-state index contributed by atoms with van der Waals surface area (Å²) < 4.78 is 0. The van der Waals surface area contributed by atoms with E-state index < -0.39 is 0 Å². The van der Waals surface area contributed by atoms with Crippen LogP contribution in [0.3, 0.4) is 0 Å². The monoisotopic (exact) mass is 141 g/mol. The molecule has 0 aromatic carbocycles. The first-order valence-electron chi connectivity index (χ1n) is 1.78. The summed E-state index contributed by atoms with van der Waals surface area (Å²) in [7, 11) is 0. The van der Waals surface area contributed by atoms with E-state index in [-0.39, 0.29) is 24.8 Å². The lowest BCUT2D eigenvalue weighted by Crippen LogP contribution is -3.00. The summed E-state index contributed by atoms with van der Waals surface area (Å²) in [4.78, 5) is 3.35. The van der Waals surface area contributed by atoms with E-state index in [9.17, 15) is 0 Å². The summed E-state index contributed by atoms with van der Waals surface area (Å²) in [5, 5.41) is 0. The summed E-state index contributed by atoms with van der Waals surface area (Å²) in [6, 6.07) is 0. The normalized spacial score (nSPS) is 4.57. The van der Waals surface area contributed by atoms with Crippen LogP contribution in [0.15, 0.2) is 0 Å². The zero-order valence-electron chi connectivity index (χ0n) is 4.22. The smallest absolute Gasteiger partial charge is 0.263 e. The minimum absolute atomic E-state index is 0. The molecule has 7 heavy (non-hydrogen) atoms. The largest absolute Gasteiger partial charge is 1.00 e. The topological polar surface area (TPSA) is 4.36 Å². The lowest BCUT2D eigenvalue weighted by Gasteiger charge is -1.57. The highest BCUT2D eigenvalue weighted by molar-refractivity contribution is 5.85. The molecule has 0 aliphatic rings. The highest BCUT2D eigenvalue weighted by Gasteiger charge is 1.74. The maximum Gasteiger partial charge on any atom is 0.263 e. The van der Waals surface area contributed by atoms with Gasteiger partial charge in [-0.15, -0.1) is 12.4 Å². The van der Waals surface area contributed by atoms with Crippen LogP contribution in [0.25, 0.3) is 4.85 Å². The average Bonchev–Trinajstić information content (AvgIpc) is 1.41. The molecule has 0 fully saturated rings.